The van der Waals surface area contributed by atoms with Crippen LogP contribution in [0.15, 0.2) is 41.5 Å². The third kappa shape index (κ3) is 3.79. The first-order valence-electron chi connectivity index (χ1n) is 9.58. The van der Waals surface area contributed by atoms with Gasteiger partial charge in [0.1, 0.15) is 0 Å². The first-order chi connectivity index (χ1) is 13.7. The number of aromatic nitrogens is 4. The van der Waals surface area contributed by atoms with Crippen LogP contribution in [0.2, 0.25) is 0 Å². The number of rotatable bonds is 6. The maximum absolute atomic E-state index is 9.55. The maximum atomic E-state index is 9.55. The van der Waals surface area contributed by atoms with Crippen molar-refractivity contribution in [2.45, 2.75) is 25.9 Å². The van der Waals surface area contributed by atoms with E-state index >= 15 is 0 Å². The van der Waals surface area contributed by atoms with E-state index in [1.165, 1.54) is 0 Å². The molecule has 8 heteroatoms. The zero-order chi connectivity index (χ0) is 19.5. The zero-order valence-corrected chi connectivity index (χ0v) is 16.3. The molecule has 1 saturated heterocycles. The van der Waals surface area contributed by atoms with E-state index in [9.17, 15) is 5.11 Å². The van der Waals surface area contributed by atoms with Gasteiger partial charge < -0.3 is 14.4 Å². The van der Waals surface area contributed by atoms with Crippen LogP contribution in [-0.2, 0) is 13.6 Å². The lowest BCUT2D eigenvalue weighted by atomic mass is 10.1. The molecule has 1 N–H and O–H groups in total. The first-order valence-corrected chi connectivity index (χ1v) is 9.58. The van der Waals surface area contributed by atoms with Crippen molar-refractivity contribution in [1.29, 1.82) is 0 Å². The first kappa shape index (κ1) is 18.6. The Hall–Kier alpha value is -2.71. The van der Waals surface area contributed by atoms with Gasteiger partial charge in [0, 0.05) is 63.8 Å². The number of furan rings is 1. The lowest BCUT2D eigenvalue weighted by Gasteiger charge is -2.41. The molecule has 28 heavy (non-hydrogen) atoms. The second-order valence-corrected chi connectivity index (χ2v) is 7.26. The molecule has 1 atom stereocenters. The Balaban J connectivity index is 1.54. The fourth-order valence-corrected chi connectivity index (χ4v) is 3.77. The average Bonchev–Trinajstić information content (AvgIpc) is 3.35. The van der Waals surface area contributed by atoms with Crippen LogP contribution >= 0.6 is 0 Å². The third-order valence-electron chi connectivity index (χ3n) is 5.34. The van der Waals surface area contributed by atoms with Crippen molar-refractivity contribution in [2.75, 3.05) is 31.1 Å². The van der Waals surface area contributed by atoms with Crippen molar-refractivity contribution >= 4 is 5.95 Å². The summed E-state index contributed by atoms with van der Waals surface area (Å²) >= 11 is 0. The van der Waals surface area contributed by atoms with Crippen LogP contribution in [0, 0.1) is 6.92 Å². The Labute approximate surface area is 164 Å². The summed E-state index contributed by atoms with van der Waals surface area (Å²) in [5.74, 6) is 0.729. The highest BCUT2D eigenvalue weighted by Gasteiger charge is 2.28. The highest BCUT2D eigenvalue weighted by Crippen LogP contribution is 2.24. The molecule has 0 spiro atoms. The Bertz CT molecular complexity index is 907. The molecule has 4 heterocycles. The summed E-state index contributed by atoms with van der Waals surface area (Å²) in [6.45, 7) is 5.51. The van der Waals surface area contributed by atoms with Crippen molar-refractivity contribution in [3.63, 3.8) is 0 Å². The fourth-order valence-electron chi connectivity index (χ4n) is 3.77. The molecule has 1 fully saturated rings. The third-order valence-corrected chi connectivity index (χ3v) is 5.34. The quantitative estimate of drug-likeness (QED) is 0.696. The van der Waals surface area contributed by atoms with Gasteiger partial charge in [-0.2, -0.15) is 5.10 Å². The number of aliphatic hydroxyl groups excluding tert-OH is 1. The number of hydrogen-bond acceptors (Lipinski definition) is 7. The normalized spacial score (nSPS) is 18.0. The minimum Gasteiger partial charge on any atom is -0.472 e. The number of nitrogens with zero attached hydrogens (tertiary/aromatic N) is 6. The molecule has 0 bridgehead atoms. The predicted octanol–water partition coefficient (Wildman–Crippen LogP) is 1.85. The van der Waals surface area contributed by atoms with E-state index < -0.39 is 0 Å². The summed E-state index contributed by atoms with van der Waals surface area (Å²) in [5.41, 5.74) is 4.07. The largest absolute Gasteiger partial charge is 0.472 e. The molecule has 0 radical (unpaired) electrons. The molecule has 0 unspecified atom stereocenters. The molecule has 3 aromatic rings. The van der Waals surface area contributed by atoms with Gasteiger partial charge in [0.25, 0.3) is 0 Å². The standard InChI is InChI=1S/C20H26N6O2/c1-15-11-21-20(23-19(15)18-3-6-22-24(18)2)26-8-7-25(17(13-26)4-9-27)12-16-5-10-28-14-16/h3,5-6,10-11,14,17,27H,4,7-9,12-13H2,1-2H3/t17-/m1/s1. The molecule has 148 valence electrons. The lowest BCUT2D eigenvalue weighted by Crippen LogP contribution is -2.53. The minimum absolute atomic E-state index is 0.162. The average molecular weight is 382 g/mol. The van der Waals surface area contributed by atoms with Crippen molar-refractivity contribution in [3.05, 3.63) is 48.2 Å². The van der Waals surface area contributed by atoms with Gasteiger partial charge in [-0.15, -0.1) is 0 Å². The van der Waals surface area contributed by atoms with E-state index in [0.717, 1.165) is 61.1 Å². The van der Waals surface area contributed by atoms with Crippen LogP contribution in [0.5, 0.6) is 0 Å². The van der Waals surface area contributed by atoms with E-state index in [4.69, 9.17) is 9.40 Å². The van der Waals surface area contributed by atoms with Crippen molar-refractivity contribution < 1.29 is 9.52 Å². The van der Waals surface area contributed by atoms with Crippen LogP contribution in [0.3, 0.4) is 0 Å². The molecule has 0 aliphatic carbocycles. The number of hydrogen-bond donors (Lipinski definition) is 1. The second-order valence-electron chi connectivity index (χ2n) is 7.26. The predicted molar refractivity (Wildman–Crippen MR) is 106 cm³/mol. The second kappa shape index (κ2) is 8.12. The Kier molecular flexibility index (Phi) is 5.40. The van der Waals surface area contributed by atoms with Crippen LogP contribution < -0.4 is 4.90 Å². The maximum Gasteiger partial charge on any atom is 0.226 e. The monoisotopic (exact) mass is 382 g/mol. The van der Waals surface area contributed by atoms with Crippen LogP contribution in [-0.4, -0.2) is 62.0 Å². The fraction of sp³-hybridized carbons (Fsp3) is 0.450. The van der Waals surface area contributed by atoms with Gasteiger partial charge in [0.15, 0.2) is 0 Å². The number of aliphatic hydroxyl groups is 1. The summed E-state index contributed by atoms with van der Waals surface area (Å²) < 4.78 is 7.03. The summed E-state index contributed by atoms with van der Waals surface area (Å²) in [4.78, 5) is 14.0. The highest BCUT2D eigenvalue weighted by atomic mass is 16.3. The van der Waals surface area contributed by atoms with Crippen LogP contribution in [0.25, 0.3) is 11.4 Å². The van der Waals surface area contributed by atoms with Gasteiger partial charge >= 0.3 is 0 Å². The molecule has 0 amide bonds. The molecule has 0 saturated carbocycles. The van der Waals surface area contributed by atoms with Gasteiger partial charge in [-0.05, 0) is 31.0 Å². The van der Waals surface area contributed by atoms with Crippen molar-refractivity contribution in [1.82, 2.24) is 24.6 Å². The van der Waals surface area contributed by atoms with E-state index in [1.807, 2.05) is 37.0 Å². The molecule has 8 nitrogen and oxygen atoms in total. The van der Waals surface area contributed by atoms with Gasteiger partial charge in [-0.1, -0.05) is 0 Å². The number of piperazine rings is 1. The van der Waals surface area contributed by atoms with Crippen LogP contribution in [0.4, 0.5) is 5.95 Å². The molecule has 0 aromatic carbocycles. The summed E-state index contributed by atoms with van der Waals surface area (Å²) in [6.07, 6.45) is 7.86. The lowest BCUT2D eigenvalue weighted by molar-refractivity contribution is 0.134. The molecular weight excluding hydrogens is 356 g/mol. The minimum atomic E-state index is 0.162. The summed E-state index contributed by atoms with van der Waals surface area (Å²) in [7, 11) is 1.92. The van der Waals surface area contributed by atoms with Crippen molar-refractivity contribution in [3.8, 4) is 11.4 Å². The van der Waals surface area contributed by atoms with E-state index in [2.05, 4.69) is 19.9 Å². The van der Waals surface area contributed by atoms with Crippen molar-refractivity contribution in [2.24, 2.45) is 7.05 Å². The van der Waals surface area contributed by atoms with Crippen LogP contribution in [0.1, 0.15) is 17.5 Å². The van der Waals surface area contributed by atoms with E-state index in [1.54, 1.807) is 18.7 Å². The van der Waals surface area contributed by atoms with E-state index in [0.29, 0.717) is 0 Å². The molecule has 1 aliphatic rings. The van der Waals surface area contributed by atoms with Gasteiger partial charge in [-0.25, -0.2) is 9.97 Å². The highest BCUT2D eigenvalue weighted by molar-refractivity contribution is 5.60. The van der Waals surface area contributed by atoms with Gasteiger partial charge in [-0.3, -0.25) is 9.58 Å². The molecule has 3 aromatic heterocycles. The Morgan fingerprint density at radius 2 is 2.18 bits per heavy atom. The number of aryl methyl sites for hydroxylation is 2. The Morgan fingerprint density at radius 3 is 2.89 bits per heavy atom. The smallest absolute Gasteiger partial charge is 0.226 e. The SMILES string of the molecule is Cc1cnc(N2CCN(Cc3ccoc3)[C@H](CCO)C2)nc1-c1ccnn1C. The zero-order valence-electron chi connectivity index (χ0n) is 16.3. The van der Waals surface area contributed by atoms with E-state index in [-0.39, 0.29) is 12.6 Å². The Morgan fingerprint density at radius 1 is 1.29 bits per heavy atom. The van der Waals surface area contributed by atoms with Gasteiger partial charge in [0.2, 0.25) is 5.95 Å². The molecule has 4 rings (SSSR count). The summed E-state index contributed by atoms with van der Waals surface area (Å²) in [5, 5.41) is 13.8. The topological polar surface area (TPSA) is 83.5 Å². The molecular formula is C20H26N6O2. The number of anilines is 1. The summed E-state index contributed by atoms with van der Waals surface area (Å²) in [6, 6.07) is 4.20. The molecule has 1 aliphatic heterocycles. The van der Waals surface area contributed by atoms with Gasteiger partial charge in [0.05, 0.1) is 23.9 Å².